The van der Waals surface area contributed by atoms with E-state index in [2.05, 4.69) is 10.3 Å². The largest absolute Gasteiger partial charge is 0.493 e. The van der Waals surface area contributed by atoms with Gasteiger partial charge in [-0.2, -0.15) is 0 Å². The first kappa shape index (κ1) is 21.5. The van der Waals surface area contributed by atoms with E-state index in [1.807, 2.05) is 18.2 Å². The highest BCUT2D eigenvalue weighted by Crippen LogP contribution is 2.38. The summed E-state index contributed by atoms with van der Waals surface area (Å²) in [6.07, 6.45) is 8.65. The highest BCUT2D eigenvalue weighted by molar-refractivity contribution is 5.92. The SMILES string of the molecule is COc1cc(/C=C/C(=O)NC2CCC(Oc3ccccn3)CC2)cc(OC)c1OC. The minimum atomic E-state index is -0.127. The number of pyridine rings is 1. The number of methoxy groups -OCH3 is 3. The monoisotopic (exact) mass is 412 g/mol. The number of amides is 1. The van der Waals surface area contributed by atoms with E-state index in [0.717, 1.165) is 31.2 Å². The Hall–Kier alpha value is -3.22. The van der Waals surface area contributed by atoms with Crippen LogP contribution in [0.1, 0.15) is 31.2 Å². The van der Waals surface area contributed by atoms with Gasteiger partial charge in [0.15, 0.2) is 11.5 Å². The van der Waals surface area contributed by atoms with Gasteiger partial charge in [-0.3, -0.25) is 4.79 Å². The third-order valence-electron chi connectivity index (χ3n) is 5.06. The Balaban J connectivity index is 1.52. The van der Waals surface area contributed by atoms with Crippen LogP contribution in [-0.4, -0.2) is 44.4 Å². The van der Waals surface area contributed by atoms with E-state index in [1.54, 1.807) is 45.7 Å². The van der Waals surface area contributed by atoms with Crippen LogP contribution >= 0.6 is 0 Å². The quantitative estimate of drug-likeness (QED) is 0.667. The van der Waals surface area contributed by atoms with E-state index in [1.165, 1.54) is 6.08 Å². The fourth-order valence-corrected chi connectivity index (χ4v) is 3.53. The number of aromatic nitrogens is 1. The normalized spacial score (nSPS) is 18.6. The third-order valence-corrected chi connectivity index (χ3v) is 5.06. The molecule has 1 amide bonds. The van der Waals surface area contributed by atoms with Crippen molar-refractivity contribution in [2.75, 3.05) is 21.3 Å². The van der Waals surface area contributed by atoms with E-state index in [0.29, 0.717) is 23.1 Å². The maximum absolute atomic E-state index is 12.4. The number of benzene rings is 1. The molecular weight excluding hydrogens is 384 g/mol. The Kier molecular flexibility index (Phi) is 7.54. The van der Waals surface area contributed by atoms with Gasteiger partial charge in [-0.25, -0.2) is 4.98 Å². The van der Waals surface area contributed by atoms with Gasteiger partial charge in [0.05, 0.1) is 21.3 Å². The minimum absolute atomic E-state index is 0.127. The lowest BCUT2D eigenvalue weighted by atomic mass is 9.93. The predicted octanol–water partition coefficient (Wildman–Crippen LogP) is 3.63. The van der Waals surface area contributed by atoms with Crippen LogP contribution in [0.15, 0.2) is 42.6 Å². The van der Waals surface area contributed by atoms with Crippen molar-refractivity contribution in [1.29, 1.82) is 0 Å². The number of nitrogens with zero attached hydrogens (tertiary/aromatic N) is 1. The zero-order chi connectivity index (χ0) is 21.3. The molecule has 0 bridgehead atoms. The van der Waals surface area contributed by atoms with Gasteiger partial charge < -0.3 is 24.3 Å². The molecule has 7 heteroatoms. The van der Waals surface area contributed by atoms with Crippen molar-refractivity contribution >= 4 is 12.0 Å². The molecule has 0 spiro atoms. The average molecular weight is 412 g/mol. The van der Waals surface area contributed by atoms with Gasteiger partial charge in [-0.15, -0.1) is 0 Å². The molecule has 0 radical (unpaired) electrons. The van der Waals surface area contributed by atoms with E-state index >= 15 is 0 Å². The summed E-state index contributed by atoms with van der Waals surface area (Å²) in [5, 5.41) is 3.07. The number of carbonyl (C=O) groups is 1. The second-order valence-corrected chi connectivity index (χ2v) is 7.06. The lowest BCUT2D eigenvalue weighted by molar-refractivity contribution is -0.117. The number of ether oxygens (including phenoxy) is 4. The molecular formula is C23H28N2O5. The molecule has 1 aliphatic carbocycles. The second-order valence-electron chi connectivity index (χ2n) is 7.06. The van der Waals surface area contributed by atoms with Crippen LogP contribution in [-0.2, 0) is 4.79 Å². The van der Waals surface area contributed by atoms with Crippen LogP contribution < -0.4 is 24.3 Å². The molecule has 0 saturated heterocycles. The lowest BCUT2D eigenvalue weighted by Crippen LogP contribution is -2.39. The molecule has 160 valence electrons. The fourth-order valence-electron chi connectivity index (χ4n) is 3.53. The van der Waals surface area contributed by atoms with E-state index in [4.69, 9.17) is 18.9 Å². The van der Waals surface area contributed by atoms with Gasteiger partial charge in [0, 0.05) is 24.4 Å². The van der Waals surface area contributed by atoms with Crippen LogP contribution in [0.2, 0.25) is 0 Å². The molecule has 2 aromatic rings. The molecule has 1 heterocycles. The fraction of sp³-hybridized carbons (Fsp3) is 0.391. The molecule has 0 aliphatic heterocycles. The Morgan fingerprint density at radius 1 is 1.03 bits per heavy atom. The number of hydrogen-bond acceptors (Lipinski definition) is 6. The molecule has 1 aromatic carbocycles. The van der Waals surface area contributed by atoms with Gasteiger partial charge in [-0.1, -0.05) is 6.07 Å². The predicted molar refractivity (Wildman–Crippen MR) is 114 cm³/mol. The molecule has 1 aromatic heterocycles. The zero-order valence-corrected chi connectivity index (χ0v) is 17.6. The van der Waals surface area contributed by atoms with Gasteiger partial charge in [0.2, 0.25) is 17.5 Å². The maximum Gasteiger partial charge on any atom is 0.244 e. The lowest BCUT2D eigenvalue weighted by Gasteiger charge is -2.28. The first-order valence-corrected chi connectivity index (χ1v) is 9.99. The summed E-state index contributed by atoms with van der Waals surface area (Å²) >= 11 is 0. The summed E-state index contributed by atoms with van der Waals surface area (Å²) in [7, 11) is 4.68. The van der Waals surface area contributed by atoms with Crippen molar-refractivity contribution in [1.82, 2.24) is 10.3 Å². The standard InChI is InChI=1S/C23H28N2O5/c1-27-19-14-16(15-20(28-2)23(19)29-3)7-12-21(26)25-17-8-10-18(11-9-17)30-22-6-4-5-13-24-22/h4-7,12-15,17-18H,8-11H2,1-3H3,(H,25,26)/b12-7+. The van der Waals surface area contributed by atoms with Crippen molar-refractivity contribution in [2.24, 2.45) is 0 Å². The Morgan fingerprint density at radius 3 is 2.30 bits per heavy atom. The Labute approximate surface area is 177 Å². The Morgan fingerprint density at radius 2 is 1.73 bits per heavy atom. The summed E-state index contributed by atoms with van der Waals surface area (Å²) in [6, 6.07) is 9.38. The molecule has 7 nitrogen and oxygen atoms in total. The summed E-state index contributed by atoms with van der Waals surface area (Å²) < 4.78 is 21.9. The van der Waals surface area contributed by atoms with Crippen molar-refractivity contribution in [3.63, 3.8) is 0 Å². The molecule has 1 fully saturated rings. The first-order chi connectivity index (χ1) is 14.6. The zero-order valence-electron chi connectivity index (χ0n) is 17.6. The van der Waals surface area contributed by atoms with Crippen molar-refractivity contribution in [3.05, 3.63) is 48.2 Å². The van der Waals surface area contributed by atoms with E-state index in [-0.39, 0.29) is 18.1 Å². The molecule has 30 heavy (non-hydrogen) atoms. The Bertz CT molecular complexity index is 836. The molecule has 1 saturated carbocycles. The second kappa shape index (κ2) is 10.5. The van der Waals surface area contributed by atoms with Crippen LogP contribution in [0.4, 0.5) is 0 Å². The molecule has 0 atom stereocenters. The maximum atomic E-state index is 12.4. The molecule has 1 N–H and O–H groups in total. The summed E-state index contributed by atoms with van der Waals surface area (Å²) in [5.41, 5.74) is 0.784. The number of carbonyl (C=O) groups excluding carboxylic acids is 1. The topological polar surface area (TPSA) is 78.9 Å². The van der Waals surface area contributed by atoms with Crippen LogP contribution in [0.3, 0.4) is 0 Å². The van der Waals surface area contributed by atoms with Crippen LogP contribution in [0, 0.1) is 0 Å². The number of nitrogens with one attached hydrogen (secondary N) is 1. The van der Waals surface area contributed by atoms with Gasteiger partial charge in [0.1, 0.15) is 6.10 Å². The van der Waals surface area contributed by atoms with Crippen molar-refractivity contribution in [3.8, 4) is 23.1 Å². The first-order valence-electron chi connectivity index (χ1n) is 9.99. The number of hydrogen-bond donors (Lipinski definition) is 1. The molecule has 3 rings (SSSR count). The van der Waals surface area contributed by atoms with Crippen molar-refractivity contribution in [2.45, 2.75) is 37.8 Å². The highest BCUT2D eigenvalue weighted by atomic mass is 16.5. The van der Waals surface area contributed by atoms with E-state index in [9.17, 15) is 4.79 Å². The highest BCUT2D eigenvalue weighted by Gasteiger charge is 2.23. The summed E-state index contributed by atoms with van der Waals surface area (Å²) in [5.74, 6) is 2.13. The number of rotatable bonds is 8. The van der Waals surface area contributed by atoms with Crippen LogP contribution in [0.5, 0.6) is 23.1 Å². The van der Waals surface area contributed by atoms with E-state index < -0.39 is 0 Å². The van der Waals surface area contributed by atoms with Gasteiger partial charge >= 0.3 is 0 Å². The third kappa shape index (κ3) is 5.65. The van der Waals surface area contributed by atoms with Crippen molar-refractivity contribution < 1.29 is 23.7 Å². The van der Waals surface area contributed by atoms with Crippen LogP contribution in [0.25, 0.3) is 6.08 Å². The van der Waals surface area contributed by atoms with Gasteiger partial charge in [0.25, 0.3) is 0 Å². The average Bonchev–Trinajstić information content (AvgIpc) is 2.78. The molecule has 1 aliphatic rings. The smallest absolute Gasteiger partial charge is 0.244 e. The van der Waals surface area contributed by atoms with Gasteiger partial charge in [-0.05, 0) is 55.5 Å². The minimum Gasteiger partial charge on any atom is -0.493 e. The summed E-state index contributed by atoms with van der Waals surface area (Å²) in [6.45, 7) is 0. The summed E-state index contributed by atoms with van der Waals surface area (Å²) in [4.78, 5) is 16.6. The molecule has 0 unspecified atom stereocenters.